The predicted octanol–water partition coefficient (Wildman–Crippen LogP) is 4.26. The zero-order valence-corrected chi connectivity index (χ0v) is 15.4. The molecule has 0 spiro atoms. The minimum absolute atomic E-state index is 0.00978. The van der Waals surface area contributed by atoms with E-state index in [0.717, 1.165) is 20.9 Å². The fraction of sp³-hybridized carbons (Fsp3) is 0.235. The summed E-state index contributed by atoms with van der Waals surface area (Å²) in [6, 6.07) is 13.9. The Balaban J connectivity index is 1.79. The summed E-state index contributed by atoms with van der Waals surface area (Å²) in [5, 5.41) is 2.86. The van der Waals surface area contributed by atoms with Gasteiger partial charge in [0.15, 0.2) is 6.61 Å². The first-order valence-corrected chi connectivity index (χ1v) is 8.54. The fourth-order valence-electron chi connectivity index (χ4n) is 2.05. The third kappa shape index (κ3) is 5.14. The summed E-state index contributed by atoms with van der Waals surface area (Å²) < 4.78 is 7.41. The summed E-state index contributed by atoms with van der Waals surface area (Å²) >= 11 is 6.86. The Morgan fingerprint density at radius 3 is 2.59 bits per heavy atom. The lowest BCUT2D eigenvalue weighted by Crippen LogP contribution is -2.30. The maximum Gasteiger partial charge on any atom is 0.257 e. The van der Waals surface area contributed by atoms with Crippen molar-refractivity contribution in [3.63, 3.8) is 0 Å². The molecule has 2 rings (SSSR count). The minimum atomic E-state index is -0.120. The number of carbonyl (C=O) groups is 1. The number of rotatable bonds is 6. The maximum absolute atomic E-state index is 11.8. The number of hydrogen-bond donors (Lipinski definition) is 1. The van der Waals surface area contributed by atoms with Gasteiger partial charge in [0.2, 0.25) is 0 Å². The van der Waals surface area contributed by atoms with Crippen LogP contribution in [0.2, 0.25) is 0 Å². The van der Waals surface area contributed by atoms with Gasteiger partial charge in [-0.3, -0.25) is 4.79 Å². The van der Waals surface area contributed by atoms with Gasteiger partial charge in [-0.15, -0.1) is 0 Å². The highest BCUT2D eigenvalue weighted by Crippen LogP contribution is 2.32. The molecule has 0 heterocycles. The van der Waals surface area contributed by atoms with E-state index in [0.29, 0.717) is 12.3 Å². The monoisotopic (exact) mass is 425 g/mol. The Bertz CT molecular complexity index is 621. The van der Waals surface area contributed by atoms with Crippen LogP contribution in [0.25, 0.3) is 0 Å². The number of halogens is 2. The first-order valence-electron chi connectivity index (χ1n) is 6.95. The number of hydrogen-bond acceptors (Lipinski definition) is 2. The summed E-state index contributed by atoms with van der Waals surface area (Å²) in [4.78, 5) is 11.8. The van der Waals surface area contributed by atoms with Crippen LogP contribution >= 0.6 is 31.9 Å². The highest BCUT2D eigenvalue weighted by atomic mass is 79.9. The van der Waals surface area contributed by atoms with Crippen LogP contribution in [-0.2, 0) is 11.2 Å². The van der Waals surface area contributed by atoms with Crippen LogP contribution < -0.4 is 10.1 Å². The Morgan fingerprint density at radius 1 is 1.18 bits per heavy atom. The second-order valence-electron chi connectivity index (χ2n) is 4.91. The lowest BCUT2D eigenvalue weighted by molar-refractivity contribution is -0.123. The van der Waals surface area contributed by atoms with E-state index in [9.17, 15) is 4.79 Å². The maximum atomic E-state index is 11.8. The van der Waals surface area contributed by atoms with Gasteiger partial charge in [0, 0.05) is 11.0 Å². The Labute approximate surface area is 147 Å². The third-order valence-electron chi connectivity index (χ3n) is 3.12. The second-order valence-corrected chi connectivity index (χ2v) is 6.68. The van der Waals surface area contributed by atoms with Gasteiger partial charge < -0.3 is 10.1 Å². The summed E-state index contributed by atoms with van der Waals surface area (Å²) in [5.41, 5.74) is 2.17. The highest BCUT2D eigenvalue weighted by molar-refractivity contribution is 9.11. The third-order valence-corrected chi connectivity index (χ3v) is 4.17. The molecule has 5 heteroatoms. The van der Waals surface area contributed by atoms with Crippen molar-refractivity contribution in [2.75, 3.05) is 13.2 Å². The van der Waals surface area contributed by atoms with Gasteiger partial charge in [0.25, 0.3) is 5.91 Å². The van der Waals surface area contributed by atoms with Crippen molar-refractivity contribution in [3.05, 3.63) is 62.5 Å². The summed E-state index contributed by atoms with van der Waals surface area (Å²) in [7, 11) is 0. The van der Waals surface area contributed by atoms with Crippen molar-refractivity contribution in [1.82, 2.24) is 5.32 Å². The van der Waals surface area contributed by atoms with E-state index >= 15 is 0 Å². The number of carbonyl (C=O) groups excluding carboxylic acids is 1. The van der Waals surface area contributed by atoms with E-state index < -0.39 is 0 Å². The molecular formula is C17H17Br2NO2. The van der Waals surface area contributed by atoms with E-state index in [-0.39, 0.29) is 12.5 Å². The van der Waals surface area contributed by atoms with Crippen LogP contribution in [0, 0.1) is 6.92 Å². The Morgan fingerprint density at radius 2 is 1.91 bits per heavy atom. The molecule has 2 aromatic carbocycles. The molecule has 0 atom stereocenters. The quantitative estimate of drug-likeness (QED) is 0.749. The smallest absolute Gasteiger partial charge is 0.257 e. The van der Waals surface area contributed by atoms with Crippen molar-refractivity contribution in [2.24, 2.45) is 0 Å². The van der Waals surface area contributed by atoms with Gasteiger partial charge in [-0.1, -0.05) is 46.3 Å². The van der Waals surface area contributed by atoms with Gasteiger partial charge in [-0.2, -0.15) is 0 Å². The van der Waals surface area contributed by atoms with Crippen molar-refractivity contribution < 1.29 is 9.53 Å². The minimum Gasteiger partial charge on any atom is -0.482 e. The zero-order valence-electron chi connectivity index (χ0n) is 12.2. The molecule has 1 N–H and O–H groups in total. The largest absolute Gasteiger partial charge is 0.482 e. The van der Waals surface area contributed by atoms with E-state index in [2.05, 4.69) is 37.2 Å². The topological polar surface area (TPSA) is 38.3 Å². The normalized spacial score (nSPS) is 10.3. The Kier molecular flexibility index (Phi) is 6.46. The first-order chi connectivity index (χ1) is 10.6. The molecule has 0 saturated heterocycles. The van der Waals surface area contributed by atoms with Gasteiger partial charge in [0.05, 0.1) is 4.47 Å². The van der Waals surface area contributed by atoms with Crippen LogP contribution in [0.5, 0.6) is 5.75 Å². The molecule has 0 aromatic heterocycles. The number of benzene rings is 2. The van der Waals surface area contributed by atoms with Crippen LogP contribution in [-0.4, -0.2) is 19.1 Å². The molecule has 0 fully saturated rings. The van der Waals surface area contributed by atoms with Crippen molar-refractivity contribution in [3.8, 4) is 5.75 Å². The Hall–Kier alpha value is -1.33. The van der Waals surface area contributed by atoms with Crippen LogP contribution in [0.15, 0.2) is 51.4 Å². The molecule has 22 heavy (non-hydrogen) atoms. The molecule has 0 aliphatic carbocycles. The highest BCUT2D eigenvalue weighted by Gasteiger charge is 2.09. The average Bonchev–Trinajstić information content (AvgIpc) is 2.47. The lowest BCUT2D eigenvalue weighted by Gasteiger charge is -2.12. The van der Waals surface area contributed by atoms with Crippen LogP contribution in [0.1, 0.15) is 11.1 Å². The molecule has 0 saturated carbocycles. The van der Waals surface area contributed by atoms with Crippen LogP contribution in [0.3, 0.4) is 0 Å². The van der Waals surface area contributed by atoms with Gasteiger partial charge in [-0.25, -0.2) is 0 Å². The standard InChI is InChI=1S/C17H17Br2NO2/c1-12-9-14(18)10-15(19)17(12)22-11-16(21)20-8-7-13-5-3-2-4-6-13/h2-6,9-10H,7-8,11H2,1H3,(H,20,21). The molecule has 3 nitrogen and oxygen atoms in total. The van der Waals surface area contributed by atoms with Crippen molar-refractivity contribution in [1.29, 1.82) is 0 Å². The molecule has 0 unspecified atom stereocenters. The van der Waals surface area contributed by atoms with E-state index in [1.807, 2.05) is 49.4 Å². The summed E-state index contributed by atoms with van der Waals surface area (Å²) in [5.74, 6) is 0.576. The molecule has 116 valence electrons. The molecule has 0 aliphatic rings. The predicted molar refractivity (Wildman–Crippen MR) is 95.2 cm³/mol. The zero-order chi connectivity index (χ0) is 15.9. The fourth-order valence-corrected chi connectivity index (χ4v) is 3.60. The number of aryl methyl sites for hydroxylation is 1. The van der Waals surface area contributed by atoms with Gasteiger partial charge in [0.1, 0.15) is 5.75 Å². The second kappa shape index (κ2) is 8.34. The van der Waals surface area contributed by atoms with Crippen molar-refractivity contribution >= 4 is 37.8 Å². The summed E-state index contributed by atoms with van der Waals surface area (Å²) in [6.45, 7) is 2.56. The lowest BCUT2D eigenvalue weighted by atomic mass is 10.1. The molecular weight excluding hydrogens is 410 g/mol. The molecule has 2 aromatic rings. The van der Waals surface area contributed by atoms with Gasteiger partial charge >= 0.3 is 0 Å². The molecule has 0 bridgehead atoms. The number of amides is 1. The molecule has 0 aliphatic heterocycles. The number of nitrogens with one attached hydrogen (secondary N) is 1. The van der Waals surface area contributed by atoms with Crippen LogP contribution in [0.4, 0.5) is 0 Å². The van der Waals surface area contributed by atoms with Crippen molar-refractivity contribution in [2.45, 2.75) is 13.3 Å². The molecule has 1 amide bonds. The average molecular weight is 427 g/mol. The molecule has 0 radical (unpaired) electrons. The van der Waals surface area contributed by atoms with E-state index in [1.165, 1.54) is 5.56 Å². The SMILES string of the molecule is Cc1cc(Br)cc(Br)c1OCC(=O)NCCc1ccccc1. The first kappa shape index (κ1) is 17.0. The summed E-state index contributed by atoms with van der Waals surface area (Å²) in [6.07, 6.45) is 0.813. The van der Waals surface area contributed by atoms with Gasteiger partial charge in [-0.05, 0) is 52.5 Å². The van der Waals surface area contributed by atoms with E-state index in [1.54, 1.807) is 0 Å². The van der Waals surface area contributed by atoms with E-state index in [4.69, 9.17) is 4.74 Å². The number of ether oxygens (including phenoxy) is 1.